The zero-order chi connectivity index (χ0) is 36.7. The lowest BCUT2D eigenvalue weighted by molar-refractivity contribution is -0.663. The number of hydrazine groups is 1. The molecule has 0 unspecified atom stereocenters. The van der Waals surface area contributed by atoms with Crippen molar-refractivity contribution >= 4 is 80.3 Å². The Morgan fingerprint density at radius 2 is 2.04 bits per heavy atom. The minimum absolute atomic E-state index is 0.0682. The number of β-lactam (4-membered cyclic amide) rings is 1. The zero-order valence-electron chi connectivity index (χ0n) is 27.5. The van der Waals surface area contributed by atoms with E-state index in [0.717, 1.165) is 42.2 Å². The van der Waals surface area contributed by atoms with Gasteiger partial charge in [0.15, 0.2) is 23.6 Å². The number of nitrogen functional groups attached to an aromatic ring is 1. The fourth-order valence-electron chi connectivity index (χ4n) is 6.48. The molecule has 4 N–H and O–H groups in total. The third-order valence-electron chi connectivity index (χ3n) is 8.96. The number of carbonyl (C=O) groups excluding carboxylic acids is 4. The molecule has 3 aromatic heterocycles. The molecule has 0 bridgehead atoms. The van der Waals surface area contributed by atoms with Crippen molar-refractivity contribution in [2.24, 2.45) is 5.16 Å². The number of benzene rings is 1. The molecule has 15 nitrogen and oxygen atoms in total. The summed E-state index contributed by atoms with van der Waals surface area (Å²) in [4.78, 5) is 61.6. The number of carbonyl (C=O) groups is 4. The summed E-state index contributed by atoms with van der Waals surface area (Å²) >= 11 is 8.91. The van der Waals surface area contributed by atoms with E-state index in [9.17, 15) is 24.3 Å². The van der Waals surface area contributed by atoms with Crippen LogP contribution in [0.5, 0.6) is 0 Å². The summed E-state index contributed by atoms with van der Waals surface area (Å²) in [7, 11) is 1.26. The summed E-state index contributed by atoms with van der Waals surface area (Å²) in [5.74, 6) is -3.69. The predicted octanol–water partition coefficient (Wildman–Crippen LogP) is 1.00. The van der Waals surface area contributed by atoms with E-state index in [2.05, 4.69) is 20.9 Å². The van der Waals surface area contributed by atoms with Gasteiger partial charge in [-0.1, -0.05) is 16.8 Å². The molecule has 0 spiro atoms. The number of aromatic nitrogens is 3. The van der Waals surface area contributed by atoms with Gasteiger partial charge < -0.3 is 30.4 Å². The van der Waals surface area contributed by atoms with Gasteiger partial charge in [-0.25, -0.2) is 14.4 Å². The van der Waals surface area contributed by atoms with Gasteiger partial charge in [0.2, 0.25) is 5.52 Å². The summed E-state index contributed by atoms with van der Waals surface area (Å²) in [5.41, 5.74) is 10.4. The lowest BCUT2D eigenvalue weighted by Gasteiger charge is -2.50. The molecular weight excluding hydrogens is 737 g/mol. The fraction of sp³-hybridized carbons (Fsp3) is 0.303. The van der Waals surface area contributed by atoms with E-state index in [-0.39, 0.29) is 57.2 Å². The van der Waals surface area contributed by atoms with Gasteiger partial charge >= 0.3 is 0 Å². The highest BCUT2D eigenvalue weighted by Crippen LogP contribution is 2.40. The molecule has 2 saturated heterocycles. The number of nitrogens with zero attached hydrogens (tertiary/aromatic N) is 6. The second-order valence-corrected chi connectivity index (χ2v) is 14.6. The van der Waals surface area contributed by atoms with Crippen LogP contribution in [0.1, 0.15) is 34.5 Å². The van der Waals surface area contributed by atoms with E-state index >= 15 is 4.39 Å². The van der Waals surface area contributed by atoms with Crippen LogP contribution in [0.4, 0.5) is 9.52 Å². The van der Waals surface area contributed by atoms with Gasteiger partial charge in [-0.05, 0) is 31.0 Å². The van der Waals surface area contributed by atoms with Crippen LogP contribution < -0.4 is 26.1 Å². The molecule has 3 aliphatic heterocycles. The Morgan fingerprint density at radius 3 is 2.73 bits per heavy atom. The van der Waals surface area contributed by atoms with Gasteiger partial charge in [-0.15, -0.1) is 23.1 Å². The van der Waals surface area contributed by atoms with Crippen molar-refractivity contribution in [1.29, 1.82) is 0 Å². The standard InChI is InChI=1S/C33H31ClFN9O6S2/c1-50-40-25(22-16-52-33(36)37-22)29(46)38-26-30(47)44-27(32(48)49)18(15-51-31(26)44)13-41-7-4-5-23-24(41)6-10-42(23)14-19-20(34)11-17(12-21(19)35)28(45)39-43-8-2-3-9-43/h4-7,10-12,16,26,31H,2-3,8-9,13-15H2,1H3,(H4-,36,37,38,39,45,46,48,49)/b40-25-/t26-,31-/m1/s1. The van der Waals surface area contributed by atoms with Crippen molar-refractivity contribution in [3.63, 3.8) is 0 Å². The topological polar surface area (TPSA) is 191 Å². The molecule has 2 fully saturated rings. The number of hydrogen-bond donors (Lipinski definition) is 3. The number of oxime groups is 1. The Hall–Kier alpha value is -5.04. The average Bonchev–Trinajstić information content (AvgIpc) is 3.89. The Balaban J connectivity index is 1.08. The molecule has 4 aromatic rings. The normalized spacial score (nSPS) is 19.1. The molecule has 52 heavy (non-hydrogen) atoms. The second-order valence-electron chi connectivity index (χ2n) is 12.2. The minimum atomic E-state index is -1.52. The van der Waals surface area contributed by atoms with Crippen molar-refractivity contribution in [2.45, 2.75) is 37.3 Å². The quantitative estimate of drug-likeness (QED) is 0.0860. The first-order valence-electron chi connectivity index (χ1n) is 16.1. The SMILES string of the molecule is CO/N=C(\C(=O)N[C@@H]1C(=O)N2C(C(=O)[O-])=C(C[n+]3cccc4c3ccn4Cc3c(F)cc(C(=O)NN4CCCC4)cc3Cl)CS[C@H]12)c1csc(N)n1. The summed E-state index contributed by atoms with van der Waals surface area (Å²) in [5, 5.41) is 21.8. The van der Waals surface area contributed by atoms with Crippen LogP contribution in [0.3, 0.4) is 0 Å². The number of nitrogens with one attached hydrogen (secondary N) is 2. The highest BCUT2D eigenvalue weighted by atomic mass is 35.5. The van der Waals surface area contributed by atoms with Crippen LogP contribution in [0.2, 0.25) is 5.02 Å². The largest absolute Gasteiger partial charge is 0.543 e. The molecule has 0 saturated carbocycles. The molecule has 1 aromatic carbocycles. The molecule has 3 amide bonds. The smallest absolute Gasteiger partial charge is 0.276 e. The molecule has 7 rings (SSSR count). The van der Waals surface area contributed by atoms with Crippen molar-refractivity contribution < 1.29 is 38.1 Å². The first-order chi connectivity index (χ1) is 25.0. The van der Waals surface area contributed by atoms with Gasteiger partial charge in [0.05, 0.1) is 18.2 Å². The number of thioether (sulfide) groups is 1. The van der Waals surface area contributed by atoms with E-state index in [1.165, 1.54) is 36.4 Å². The van der Waals surface area contributed by atoms with E-state index in [1.54, 1.807) is 28.0 Å². The number of pyridine rings is 1. The Labute approximate surface area is 308 Å². The van der Waals surface area contributed by atoms with Gasteiger partial charge in [0.1, 0.15) is 35.6 Å². The van der Waals surface area contributed by atoms with E-state index < -0.39 is 40.9 Å². The van der Waals surface area contributed by atoms with Crippen LogP contribution in [-0.4, -0.2) is 86.2 Å². The number of fused-ring (bicyclic) bond motifs is 2. The maximum absolute atomic E-state index is 15.4. The third kappa shape index (κ3) is 6.69. The number of carboxylic acid groups (broad SMARTS) is 1. The summed E-state index contributed by atoms with van der Waals surface area (Å²) in [6, 6.07) is 7.02. The number of anilines is 1. The maximum atomic E-state index is 15.4. The van der Waals surface area contributed by atoms with Crippen LogP contribution in [0.25, 0.3) is 11.0 Å². The molecule has 2 atom stereocenters. The zero-order valence-corrected chi connectivity index (χ0v) is 29.9. The molecule has 0 radical (unpaired) electrons. The fourth-order valence-corrected chi connectivity index (χ4v) is 8.64. The van der Waals surface area contributed by atoms with E-state index in [0.29, 0.717) is 16.6 Å². The first-order valence-corrected chi connectivity index (χ1v) is 18.4. The summed E-state index contributed by atoms with van der Waals surface area (Å²) < 4.78 is 19.0. The average molecular weight is 768 g/mol. The molecule has 3 aliphatic rings. The number of rotatable bonds is 11. The number of halogens is 2. The molecular formula is C33H31ClFN9O6S2. The minimum Gasteiger partial charge on any atom is -0.543 e. The maximum Gasteiger partial charge on any atom is 0.276 e. The highest BCUT2D eigenvalue weighted by molar-refractivity contribution is 8.00. The number of thiazole rings is 1. The highest BCUT2D eigenvalue weighted by Gasteiger charge is 2.53. The van der Waals surface area contributed by atoms with Gasteiger partial charge in [-0.3, -0.25) is 24.7 Å². The Bertz CT molecular complexity index is 2160. The monoisotopic (exact) mass is 767 g/mol. The number of amides is 3. The van der Waals surface area contributed by atoms with Crippen molar-refractivity contribution in [3.05, 3.63) is 87.0 Å². The van der Waals surface area contributed by atoms with Gasteiger partial charge in [-0.2, -0.15) is 4.57 Å². The third-order valence-corrected chi connectivity index (χ3v) is 11.3. The van der Waals surface area contributed by atoms with Crippen molar-refractivity contribution in [3.8, 4) is 0 Å². The Kier molecular flexibility index (Phi) is 9.88. The van der Waals surface area contributed by atoms with Gasteiger partial charge in [0.25, 0.3) is 17.7 Å². The lowest BCUT2D eigenvalue weighted by Crippen LogP contribution is -2.71. The van der Waals surface area contributed by atoms with Crippen LogP contribution in [0, 0.1) is 5.82 Å². The number of aliphatic carboxylic acids is 1. The number of nitrogens with two attached hydrogens (primary N) is 1. The van der Waals surface area contributed by atoms with E-state index in [1.807, 2.05) is 16.7 Å². The molecule has 270 valence electrons. The summed E-state index contributed by atoms with van der Waals surface area (Å²) in [6.07, 6.45) is 5.49. The Morgan fingerprint density at radius 1 is 1.25 bits per heavy atom. The van der Waals surface area contributed by atoms with Gasteiger partial charge in [0, 0.05) is 64.3 Å². The number of hydrogen-bond acceptors (Lipinski definition) is 12. The second kappa shape index (κ2) is 14.5. The van der Waals surface area contributed by atoms with E-state index in [4.69, 9.17) is 22.2 Å². The summed E-state index contributed by atoms with van der Waals surface area (Å²) in [6.45, 7) is 1.65. The predicted molar refractivity (Wildman–Crippen MR) is 188 cm³/mol. The van der Waals surface area contributed by atoms with Crippen molar-refractivity contribution in [1.82, 2.24) is 30.2 Å². The molecule has 0 aliphatic carbocycles. The van der Waals surface area contributed by atoms with Crippen LogP contribution in [-0.2, 0) is 32.3 Å². The first kappa shape index (κ1) is 35.4. The molecule has 19 heteroatoms. The number of carboxylic acids is 1. The van der Waals surface area contributed by atoms with Crippen LogP contribution >= 0.6 is 34.7 Å². The molecule has 6 heterocycles. The lowest BCUT2D eigenvalue weighted by atomic mass is 10.0. The van der Waals surface area contributed by atoms with Crippen LogP contribution in [0.15, 0.2) is 64.5 Å². The van der Waals surface area contributed by atoms with Crippen molar-refractivity contribution in [2.75, 3.05) is 31.7 Å².